The average Bonchev–Trinajstić information content (AvgIpc) is 2.48. The van der Waals surface area contributed by atoms with Gasteiger partial charge in [0.1, 0.15) is 0 Å². The zero-order chi connectivity index (χ0) is 18.6. The van der Waals surface area contributed by atoms with Crippen molar-refractivity contribution in [3.63, 3.8) is 0 Å². The van der Waals surface area contributed by atoms with E-state index in [9.17, 15) is 0 Å². The Hall–Kier alpha value is 0.411. The molecule has 0 atom stereocenters. The summed E-state index contributed by atoms with van der Waals surface area (Å²) in [5.74, 6) is 0. The van der Waals surface area contributed by atoms with E-state index in [2.05, 4.69) is 74.9 Å². The lowest BCUT2D eigenvalue weighted by Gasteiger charge is -2.56. The smallest absolute Gasteiger partial charge is 0.391 e. The summed E-state index contributed by atoms with van der Waals surface area (Å²) >= 11 is 0. The van der Waals surface area contributed by atoms with Crippen molar-refractivity contribution in [2.75, 3.05) is 39.3 Å². The van der Waals surface area contributed by atoms with Crippen LogP contribution in [0.15, 0.2) is 0 Å². The summed E-state index contributed by atoms with van der Waals surface area (Å²) in [6, 6.07) is 0. The van der Waals surface area contributed by atoms with Crippen LogP contribution >= 0.6 is 0 Å². The van der Waals surface area contributed by atoms with Gasteiger partial charge in [-0.25, -0.2) is 0 Å². The second kappa shape index (κ2) is 8.87. The molecule has 6 nitrogen and oxygen atoms in total. The van der Waals surface area contributed by atoms with E-state index in [1.807, 2.05) is 0 Å². The number of rotatable bonds is 9. The van der Waals surface area contributed by atoms with Crippen LogP contribution in [0.1, 0.15) is 41.5 Å². The lowest BCUT2D eigenvalue weighted by Crippen LogP contribution is -2.80. The minimum absolute atomic E-state index is 0.949. The van der Waals surface area contributed by atoms with Gasteiger partial charge < -0.3 is 12.3 Å². The molecule has 0 aromatic heterocycles. The first-order chi connectivity index (χ1) is 11.2. The van der Waals surface area contributed by atoms with Crippen LogP contribution in [0.2, 0.25) is 19.6 Å². The molecule has 1 aliphatic heterocycles. The van der Waals surface area contributed by atoms with Gasteiger partial charge in [0.15, 0.2) is 0 Å². The number of hydrogen-bond donors (Lipinski definition) is 0. The van der Waals surface area contributed by atoms with Crippen molar-refractivity contribution in [3.05, 3.63) is 0 Å². The summed E-state index contributed by atoms with van der Waals surface area (Å²) in [6.45, 7) is 25.5. The molecular formula is C15H39N3O3Si3. The highest BCUT2D eigenvalue weighted by Gasteiger charge is 2.63. The Bertz CT molecular complexity index is 328. The van der Waals surface area contributed by atoms with Gasteiger partial charge in [-0.2, -0.15) is 0 Å². The minimum atomic E-state index is -2.48. The Balaban J connectivity index is 3.34. The van der Waals surface area contributed by atoms with E-state index in [-0.39, 0.29) is 0 Å². The van der Waals surface area contributed by atoms with Crippen molar-refractivity contribution >= 4 is 26.2 Å². The number of hydrogen-bond acceptors (Lipinski definition) is 6. The SMILES string of the molecule is CCN(CC)[Si]1(C)O[Si](C)(N(CC)CC)O[Si](C)(N(CC)CC)O1. The fourth-order valence-corrected chi connectivity index (χ4v) is 20.5. The summed E-state index contributed by atoms with van der Waals surface area (Å²) < 4.78 is 27.5. The van der Waals surface area contributed by atoms with Crippen LogP contribution in [0.5, 0.6) is 0 Å². The molecule has 0 aromatic carbocycles. The molecule has 0 amide bonds. The lowest BCUT2D eigenvalue weighted by atomic mass is 10.7. The highest BCUT2D eigenvalue weighted by Crippen LogP contribution is 2.35. The van der Waals surface area contributed by atoms with Crippen LogP contribution in [0, 0.1) is 0 Å². The summed E-state index contributed by atoms with van der Waals surface area (Å²) in [6.07, 6.45) is 0. The Labute approximate surface area is 153 Å². The van der Waals surface area contributed by atoms with Gasteiger partial charge in [0, 0.05) is 0 Å². The highest BCUT2D eigenvalue weighted by molar-refractivity contribution is 6.91. The molecule has 0 spiro atoms. The van der Waals surface area contributed by atoms with Crippen LogP contribution in [-0.2, 0) is 12.3 Å². The van der Waals surface area contributed by atoms with E-state index in [4.69, 9.17) is 12.3 Å². The third kappa shape index (κ3) is 4.38. The third-order valence-electron chi connectivity index (χ3n) is 5.15. The summed E-state index contributed by atoms with van der Waals surface area (Å²) in [5, 5.41) is 0. The Kier molecular flexibility index (Phi) is 8.30. The van der Waals surface area contributed by atoms with E-state index in [0.717, 1.165) is 39.3 Å². The van der Waals surface area contributed by atoms with E-state index >= 15 is 0 Å². The molecule has 1 rings (SSSR count). The van der Waals surface area contributed by atoms with Gasteiger partial charge in [0.2, 0.25) is 0 Å². The molecule has 24 heavy (non-hydrogen) atoms. The Morgan fingerprint density at radius 3 is 0.750 bits per heavy atom. The second-order valence-electron chi connectivity index (χ2n) is 6.52. The summed E-state index contributed by atoms with van der Waals surface area (Å²) in [5.41, 5.74) is 0. The maximum absolute atomic E-state index is 6.78. The first-order valence-electron chi connectivity index (χ1n) is 9.54. The molecule has 1 heterocycles. The van der Waals surface area contributed by atoms with Crippen molar-refractivity contribution in [1.82, 2.24) is 13.7 Å². The standard InChI is InChI=1S/C15H39N3O3Si3/c1-10-16(11-2)22(7)19-23(8,17(12-3)13-4)21-24(9,20-22)18(14-5)15-6/h10-15H2,1-9H3. The Morgan fingerprint density at radius 2 is 0.625 bits per heavy atom. The quantitative estimate of drug-likeness (QED) is 0.561. The molecule has 1 aliphatic rings. The van der Waals surface area contributed by atoms with Crippen molar-refractivity contribution in [1.29, 1.82) is 0 Å². The van der Waals surface area contributed by atoms with Gasteiger partial charge in [-0.15, -0.1) is 0 Å². The maximum atomic E-state index is 6.78. The van der Waals surface area contributed by atoms with Gasteiger partial charge in [-0.1, -0.05) is 41.5 Å². The fourth-order valence-electron chi connectivity index (χ4n) is 3.90. The molecule has 0 unspecified atom stereocenters. The van der Waals surface area contributed by atoms with Gasteiger partial charge in [0.25, 0.3) is 0 Å². The third-order valence-corrected chi connectivity index (χ3v) is 19.6. The maximum Gasteiger partial charge on any atom is 0.408 e. The van der Waals surface area contributed by atoms with Gasteiger partial charge in [-0.05, 0) is 58.9 Å². The molecule has 1 fully saturated rings. The van der Waals surface area contributed by atoms with E-state index in [1.54, 1.807) is 0 Å². The topological polar surface area (TPSA) is 37.4 Å². The van der Waals surface area contributed by atoms with Crippen LogP contribution in [0.3, 0.4) is 0 Å². The van der Waals surface area contributed by atoms with Crippen molar-refractivity contribution in [2.24, 2.45) is 0 Å². The highest BCUT2D eigenvalue weighted by atomic mass is 28.5. The minimum Gasteiger partial charge on any atom is -0.391 e. The number of nitrogens with zero attached hydrogens (tertiary/aromatic N) is 3. The first-order valence-corrected chi connectivity index (χ1v) is 16.3. The van der Waals surface area contributed by atoms with Gasteiger partial charge in [0.05, 0.1) is 0 Å². The van der Waals surface area contributed by atoms with E-state index in [0.29, 0.717) is 0 Å². The predicted octanol–water partition coefficient (Wildman–Crippen LogP) is 2.78. The normalized spacial score (nSPS) is 34.5. The molecule has 0 radical (unpaired) electrons. The predicted molar refractivity (Wildman–Crippen MR) is 107 cm³/mol. The van der Waals surface area contributed by atoms with Crippen LogP contribution in [0.4, 0.5) is 0 Å². The monoisotopic (exact) mass is 393 g/mol. The van der Waals surface area contributed by atoms with Crippen molar-refractivity contribution < 1.29 is 12.3 Å². The van der Waals surface area contributed by atoms with Crippen LogP contribution in [-0.4, -0.2) is 79.1 Å². The molecule has 144 valence electrons. The van der Waals surface area contributed by atoms with Crippen LogP contribution < -0.4 is 0 Å². The Morgan fingerprint density at radius 1 is 0.458 bits per heavy atom. The molecule has 0 bridgehead atoms. The average molecular weight is 394 g/mol. The first kappa shape index (κ1) is 22.5. The molecule has 0 aliphatic carbocycles. The zero-order valence-electron chi connectivity index (χ0n) is 17.3. The molecule has 1 saturated heterocycles. The summed E-state index contributed by atoms with van der Waals surface area (Å²) in [4.78, 5) is 0. The van der Waals surface area contributed by atoms with Crippen molar-refractivity contribution in [3.8, 4) is 0 Å². The molecule has 0 saturated carbocycles. The largest absolute Gasteiger partial charge is 0.408 e. The lowest BCUT2D eigenvalue weighted by molar-refractivity contribution is 0.106. The van der Waals surface area contributed by atoms with Gasteiger partial charge in [-0.3, -0.25) is 13.7 Å². The summed E-state index contributed by atoms with van der Waals surface area (Å²) in [7, 11) is -7.44. The molecule has 0 N–H and O–H groups in total. The van der Waals surface area contributed by atoms with E-state index in [1.165, 1.54) is 0 Å². The van der Waals surface area contributed by atoms with Gasteiger partial charge >= 0.3 is 26.2 Å². The second-order valence-corrected chi connectivity index (χ2v) is 16.2. The van der Waals surface area contributed by atoms with Crippen LogP contribution in [0.25, 0.3) is 0 Å². The van der Waals surface area contributed by atoms with Crippen molar-refractivity contribution in [2.45, 2.75) is 61.2 Å². The van der Waals surface area contributed by atoms with E-state index < -0.39 is 26.2 Å². The molecule has 0 aromatic rings. The molecular weight excluding hydrogens is 354 g/mol. The molecule has 9 heteroatoms. The fraction of sp³-hybridized carbons (Fsp3) is 1.00. The zero-order valence-corrected chi connectivity index (χ0v) is 20.3.